The van der Waals surface area contributed by atoms with E-state index in [0.29, 0.717) is 12.4 Å². The van der Waals surface area contributed by atoms with Gasteiger partial charge in [0, 0.05) is 11.0 Å². The number of imidazole rings is 1. The number of benzene rings is 1. The lowest BCUT2D eigenvalue weighted by Gasteiger charge is -2.04. The molecule has 15 heavy (non-hydrogen) atoms. The Morgan fingerprint density at radius 1 is 1.33 bits per heavy atom. The Labute approximate surface area is 95.3 Å². The van der Waals surface area contributed by atoms with Gasteiger partial charge in [0.05, 0.1) is 17.6 Å². The van der Waals surface area contributed by atoms with E-state index in [0.717, 1.165) is 15.5 Å². The molecule has 2 rings (SSSR count). The Morgan fingerprint density at radius 3 is 2.80 bits per heavy atom. The van der Waals surface area contributed by atoms with E-state index in [4.69, 9.17) is 10.2 Å². The molecular weight excluding hydrogens is 260 g/mol. The highest BCUT2D eigenvalue weighted by Gasteiger charge is 2.09. The topological polar surface area (TPSA) is 58.3 Å². The summed E-state index contributed by atoms with van der Waals surface area (Å²) in [6.07, 6.45) is 0. The molecule has 5 heteroatoms. The van der Waals surface area contributed by atoms with Gasteiger partial charge in [-0.15, -0.1) is 0 Å². The van der Waals surface area contributed by atoms with E-state index in [2.05, 4.69) is 20.9 Å². The van der Waals surface area contributed by atoms with Gasteiger partial charge in [-0.2, -0.15) is 0 Å². The summed E-state index contributed by atoms with van der Waals surface area (Å²) < 4.78 is 2.77. The predicted octanol–water partition coefficient (Wildman–Crippen LogP) is 1.28. The molecule has 80 valence electrons. The maximum Gasteiger partial charge on any atom is 0.135 e. The van der Waals surface area contributed by atoms with E-state index in [1.54, 1.807) is 0 Å². The first kappa shape index (κ1) is 10.6. The number of aliphatic hydroxyl groups excluding tert-OH is 2. The van der Waals surface area contributed by atoms with Crippen LogP contribution in [0.15, 0.2) is 22.7 Å². The lowest BCUT2D eigenvalue weighted by atomic mass is 10.3. The normalized spacial score (nSPS) is 11.1. The number of hydrogen-bond acceptors (Lipinski definition) is 3. The van der Waals surface area contributed by atoms with Crippen LogP contribution in [0.1, 0.15) is 5.82 Å². The van der Waals surface area contributed by atoms with Gasteiger partial charge >= 0.3 is 0 Å². The molecule has 0 spiro atoms. The van der Waals surface area contributed by atoms with Gasteiger partial charge in [0.25, 0.3) is 0 Å². The van der Waals surface area contributed by atoms with Crippen LogP contribution < -0.4 is 0 Å². The third-order valence-electron chi connectivity index (χ3n) is 2.25. The van der Waals surface area contributed by atoms with Crippen molar-refractivity contribution in [3.8, 4) is 0 Å². The summed E-state index contributed by atoms with van der Waals surface area (Å²) in [4.78, 5) is 4.28. The van der Waals surface area contributed by atoms with Gasteiger partial charge in [0.15, 0.2) is 0 Å². The highest BCUT2D eigenvalue weighted by molar-refractivity contribution is 9.10. The fourth-order valence-corrected chi connectivity index (χ4v) is 1.97. The zero-order valence-electron chi connectivity index (χ0n) is 8.02. The lowest BCUT2D eigenvalue weighted by Crippen LogP contribution is -2.06. The fraction of sp³-hybridized carbons (Fsp3) is 0.300. The molecule has 0 fully saturated rings. The molecule has 0 bridgehead atoms. The quantitative estimate of drug-likeness (QED) is 0.884. The Balaban J connectivity index is 2.63. The zero-order chi connectivity index (χ0) is 10.8. The summed E-state index contributed by atoms with van der Waals surface area (Å²) in [7, 11) is 0. The smallest absolute Gasteiger partial charge is 0.135 e. The van der Waals surface area contributed by atoms with Crippen molar-refractivity contribution >= 4 is 27.0 Å². The molecule has 0 saturated heterocycles. The highest BCUT2D eigenvalue weighted by atomic mass is 79.9. The van der Waals surface area contributed by atoms with Crippen LogP contribution in [0.2, 0.25) is 0 Å². The minimum atomic E-state index is -0.119. The summed E-state index contributed by atoms with van der Waals surface area (Å²) in [6.45, 7) is 0.370. The molecule has 0 aliphatic carbocycles. The minimum absolute atomic E-state index is 0.0362. The summed E-state index contributed by atoms with van der Waals surface area (Å²) in [5, 5.41) is 18.1. The van der Waals surface area contributed by atoms with Gasteiger partial charge in [0.2, 0.25) is 0 Å². The minimum Gasteiger partial charge on any atom is -0.395 e. The summed E-state index contributed by atoms with van der Waals surface area (Å²) in [5.74, 6) is 0.581. The Hall–Kier alpha value is -0.910. The largest absolute Gasteiger partial charge is 0.395 e. The number of rotatable bonds is 3. The molecule has 0 radical (unpaired) electrons. The van der Waals surface area contributed by atoms with Crippen LogP contribution in [0.3, 0.4) is 0 Å². The number of aliphatic hydroxyl groups is 2. The van der Waals surface area contributed by atoms with Crippen molar-refractivity contribution in [1.29, 1.82) is 0 Å². The van der Waals surface area contributed by atoms with Gasteiger partial charge < -0.3 is 14.8 Å². The molecule has 1 heterocycles. The highest BCUT2D eigenvalue weighted by Crippen LogP contribution is 2.20. The van der Waals surface area contributed by atoms with Crippen molar-refractivity contribution in [1.82, 2.24) is 9.55 Å². The van der Waals surface area contributed by atoms with E-state index in [1.807, 2.05) is 22.8 Å². The van der Waals surface area contributed by atoms with Crippen LogP contribution >= 0.6 is 15.9 Å². The average Bonchev–Trinajstić information content (AvgIpc) is 2.56. The maximum absolute atomic E-state index is 9.14. The molecule has 0 aliphatic rings. The Kier molecular flexibility index (Phi) is 3.04. The molecule has 0 amide bonds. The van der Waals surface area contributed by atoms with Crippen LogP contribution in [-0.2, 0) is 13.2 Å². The first-order chi connectivity index (χ1) is 7.26. The second-order valence-electron chi connectivity index (χ2n) is 3.19. The average molecular weight is 271 g/mol. The van der Waals surface area contributed by atoms with Gasteiger partial charge in [-0.05, 0) is 18.2 Å². The predicted molar refractivity (Wildman–Crippen MR) is 60.4 cm³/mol. The van der Waals surface area contributed by atoms with E-state index in [9.17, 15) is 0 Å². The molecule has 0 saturated carbocycles. The fourth-order valence-electron chi connectivity index (χ4n) is 1.62. The summed E-state index contributed by atoms with van der Waals surface area (Å²) in [5.41, 5.74) is 1.75. The number of hydrogen-bond donors (Lipinski definition) is 2. The molecule has 4 nitrogen and oxygen atoms in total. The molecule has 1 aromatic carbocycles. The van der Waals surface area contributed by atoms with Crippen LogP contribution in [0.4, 0.5) is 0 Å². The molecule has 2 N–H and O–H groups in total. The van der Waals surface area contributed by atoms with Gasteiger partial charge in [-0.1, -0.05) is 15.9 Å². The van der Waals surface area contributed by atoms with Gasteiger partial charge in [-0.3, -0.25) is 0 Å². The third-order valence-corrected chi connectivity index (χ3v) is 2.75. The maximum atomic E-state index is 9.14. The van der Waals surface area contributed by atoms with Crippen LogP contribution in [0, 0.1) is 0 Å². The molecule has 0 aliphatic heterocycles. The first-order valence-corrected chi connectivity index (χ1v) is 5.42. The van der Waals surface area contributed by atoms with Crippen LogP contribution in [-0.4, -0.2) is 26.4 Å². The van der Waals surface area contributed by atoms with Crippen molar-refractivity contribution in [2.24, 2.45) is 0 Å². The lowest BCUT2D eigenvalue weighted by molar-refractivity contribution is 0.248. The molecular formula is C10H11BrN2O2. The number of fused-ring (bicyclic) bond motifs is 1. The Bertz CT molecular complexity index is 481. The standard InChI is InChI=1S/C10H11BrN2O2/c11-7-1-2-9-8(5-7)12-10(6-15)13(9)3-4-14/h1-2,5,14-15H,3-4,6H2. The van der Waals surface area contributed by atoms with Gasteiger partial charge in [0.1, 0.15) is 12.4 Å². The number of aromatic nitrogens is 2. The number of halogens is 1. The van der Waals surface area contributed by atoms with Crippen molar-refractivity contribution < 1.29 is 10.2 Å². The van der Waals surface area contributed by atoms with Crippen LogP contribution in [0.5, 0.6) is 0 Å². The van der Waals surface area contributed by atoms with E-state index < -0.39 is 0 Å². The monoisotopic (exact) mass is 270 g/mol. The molecule has 0 unspecified atom stereocenters. The molecule has 0 atom stereocenters. The molecule has 2 aromatic rings. The van der Waals surface area contributed by atoms with E-state index >= 15 is 0 Å². The van der Waals surface area contributed by atoms with Crippen molar-refractivity contribution in [2.45, 2.75) is 13.2 Å². The second kappa shape index (κ2) is 4.30. The summed E-state index contributed by atoms with van der Waals surface area (Å²) in [6, 6.07) is 5.72. The van der Waals surface area contributed by atoms with Crippen LogP contribution in [0.25, 0.3) is 11.0 Å². The number of nitrogens with zero attached hydrogens (tertiary/aromatic N) is 2. The second-order valence-corrected chi connectivity index (χ2v) is 4.11. The van der Waals surface area contributed by atoms with Gasteiger partial charge in [-0.25, -0.2) is 4.98 Å². The van der Waals surface area contributed by atoms with E-state index in [1.165, 1.54) is 0 Å². The van der Waals surface area contributed by atoms with Crippen molar-refractivity contribution in [2.75, 3.05) is 6.61 Å². The zero-order valence-corrected chi connectivity index (χ0v) is 9.61. The van der Waals surface area contributed by atoms with Crippen molar-refractivity contribution in [3.63, 3.8) is 0 Å². The van der Waals surface area contributed by atoms with E-state index in [-0.39, 0.29) is 13.2 Å². The SMILES string of the molecule is OCCn1c(CO)nc2cc(Br)ccc21. The molecule has 1 aromatic heterocycles. The Morgan fingerprint density at radius 2 is 2.13 bits per heavy atom. The third kappa shape index (κ3) is 1.90. The van der Waals surface area contributed by atoms with Crippen molar-refractivity contribution in [3.05, 3.63) is 28.5 Å². The summed E-state index contributed by atoms with van der Waals surface area (Å²) >= 11 is 3.37. The first-order valence-electron chi connectivity index (χ1n) is 4.62.